The number of anilines is 1. The first-order chi connectivity index (χ1) is 12.0. The first-order valence-corrected chi connectivity index (χ1v) is 8.40. The predicted octanol–water partition coefficient (Wildman–Crippen LogP) is 4.75. The lowest BCUT2D eigenvalue weighted by Gasteiger charge is -2.10. The van der Waals surface area contributed by atoms with Crippen LogP contribution >= 0.6 is 0 Å². The van der Waals surface area contributed by atoms with Gasteiger partial charge in [0.25, 0.3) is 0 Å². The predicted molar refractivity (Wildman–Crippen MR) is 102 cm³/mol. The summed E-state index contributed by atoms with van der Waals surface area (Å²) in [4.78, 5) is 12.1. The number of rotatable bonds is 7. The normalized spacial score (nSPS) is 10.7. The highest BCUT2D eigenvalue weighted by Crippen LogP contribution is 2.28. The van der Waals surface area contributed by atoms with Gasteiger partial charge in [0.2, 0.25) is 5.91 Å². The van der Waals surface area contributed by atoms with Crippen LogP contribution in [0.2, 0.25) is 0 Å². The van der Waals surface area contributed by atoms with Crippen molar-refractivity contribution in [1.82, 2.24) is 0 Å². The van der Waals surface area contributed by atoms with Crippen LogP contribution in [0.5, 0.6) is 11.5 Å². The Morgan fingerprint density at radius 3 is 2.56 bits per heavy atom. The molecule has 0 aliphatic carbocycles. The number of carbonyl (C=O) groups excluding carboxylic acids is 1. The van der Waals surface area contributed by atoms with E-state index in [-0.39, 0.29) is 5.91 Å². The molecule has 0 saturated carbocycles. The van der Waals surface area contributed by atoms with E-state index in [0.717, 1.165) is 23.2 Å². The molecule has 1 amide bonds. The molecule has 2 aromatic rings. The Morgan fingerprint density at radius 1 is 1.08 bits per heavy atom. The molecule has 0 spiro atoms. The average Bonchev–Trinajstić information content (AvgIpc) is 2.61. The molecule has 2 rings (SSSR count). The summed E-state index contributed by atoms with van der Waals surface area (Å²) >= 11 is 0. The van der Waals surface area contributed by atoms with Crippen LogP contribution in [-0.2, 0) is 4.79 Å². The Balaban J connectivity index is 2.04. The van der Waals surface area contributed by atoms with Crippen molar-refractivity contribution in [3.63, 3.8) is 0 Å². The Morgan fingerprint density at radius 2 is 1.88 bits per heavy atom. The van der Waals surface area contributed by atoms with Gasteiger partial charge in [0, 0.05) is 11.8 Å². The van der Waals surface area contributed by atoms with Gasteiger partial charge in [-0.15, -0.1) is 0 Å². The number of ether oxygens (including phenoxy) is 2. The quantitative estimate of drug-likeness (QED) is 0.740. The molecule has 4 heteroatoms. The molecule has 1 N–H and O–H groups in total. The molecule has 0 aliphatic rings. The molecule has 0 heterocycles. The summed E-state index contributed by atoms with van der Waals surface area (Å²) in [5.74, 6) is 1.19. The molecule has 0 fully saturated rings. The summed E-state index contributed by atoms with van der Waals surface area (Å²) in [5, 5.41) is 2.87. The molecule has 0 aliphatic heterocycles. The zero-order chi connectivity index (χ0) is 18.2. The highest BCUT2D eigenvalue weighted by atomic mass is 16.5. The first kappa shape index (κ1) is 18.6. The Bertz CT molecular complexity index is 766. The number of hydrogen-bond donors (Lipinski definition) is 1. The third-order valence-corrected chi connectivity index (χ3v) is 3.85. The van der Waals surface area contributed by atoms with Gasteiger partial charge in [0.15, 0.2) is 11.5 Å². The lowest BCUT2D eigenvalue weighted by atomic mass is 10.1. The molecular weight excluding hydrogens is 314 g/mol. The molecule has 132 valence electrons. The van der Waals surface area contributed by atoms with Crippen molar-refractivity contribution in [1.29, 1.82) is 0 Å². The van der Waals surface area contributed by atoms with Crippen LogP contribution < -0.4 is 14.8 Å². The zero-order valence-electron chi connectivity index (χ0n) is 15.3. The standard InChI is InChI=1S/C21H25NO3/c1-5-12-25-19-10-7-17(14-20(19)24-4)8-11-21(23)22-18-9-6-15(2)16(3)13-18/h6-11,13-14H,5,12H2,1-4H3,(H,22,23). The van der Waals surface area contributed by atoms with Crippen molar-refractivity contribution in [2.24, 2.45) is 0 Å². The molecule has 4 nitrogen and oxygen atoms in total. The number of amides is 1. The van der Waals surface area contributed by atoms with Crippen molar-refractivity contribution in [3.05, 3.63) is 59.2 Å². The average molecular weight is 339 g/mol. The fourth-order valence-corrected chi connectivity index (χ4v) is 2.29. The van der Waals surface area contributed by atoms with E-state index in [4.69, 9.17) is 9.47 Å². The molecule has 0 unspecified atom stereocenters. The molecule has 0 bridgehead atoms. The molecule has 2 aromatic carbocycles. The van der Waals surface area contributed by atoms with Gasteiger partial charge < -0.3 is 14.8 Å². The summed E-state index contributed by atoms with van der Waals surface area (Å²) in [5.41, 5.74) is 4.01. The highest BCUT2D eigenvalue weighted by Gasteiger charge is 2.05. The second-order valence-electron chi connectivity index (χ2n) is 5.88. The van der Waals surface area contributed by atoms with E-state index >= 15 is 0 Å². The summed E-state index contributed by atoms with van der Waals surface area (Å²) in [6.07, 6.45) is 4.20. The smallest absolute Gasteiger partial charge is 0.248 e. The van der Waals surface area contributed by atoms with Crippen LogP contribution in [0.4, 0.5) is 5.69 Å². The Labute approximate surface area is 149 Å². The Kier molecular flexibility index (Phi) is 6.63. The summed E-state index contributed by atoms with van der Waals surface area (Å²) in [6, 6.07) is 11.5. The summed E-state index contributed by atoms with van der Waals surface area (Å²) in [6.45, 7) is 6.76. The van der Waals surface area contributed by atoms with Crippen LogP contribution in [0.15, 0.2) is 42.5 Å². The minimum atomic E-state index is -0.173. The van der Waals surface area contributed by atoms with Crippen molar-refractivity contribution in [2.75, 3.05) is 19.0 Å². The topological polar surface area (TPSA) is 47.6 Å². The fraction of sp³-hybridized carbons (Fsp3) is 0.286. The van der Waals surface area contributed by atoms with E-state index in [2.05, 4.69) is 12.2 Å². The molecule has 0 saturated heterocycles. The van der Waals surface area contributed by atoms with E-state index in [9.17, 15) is 4.79 Å². The summed E-state index contributed by atoms with van der Waals surface area (Å²) < 4.78 is 11.0. The second-order valence-corrected chi connectivity index (χ2v) is 5.88. The number of benzene rings is 2. The van der Waals surface area contributed by atoms with Gasteiger partial charge in [-0.2, -0.15) is 0 Å². The van der Waals surface area contributed by atoms with Crippen LogP contribution in [0.3, 0.4) is 0 Å². The minimum Gasteiger partial charge on any atom is -0.493 e. The third-order valence-electron chi connectivity index (χ3n) is 3.85. The highest BCUT2D eigenvalue weighted by molar-refractivity contribution is 6.02. The number of nitrogens with one attached hydrogen (secondary N) is 1. The molecule has 0 radical (unpaired) electrons. The number of methoxy groups -OCH3 is 1. The van der Waals surface area contributed by atoms with Gasteiger partial charge in [-0.1, -0.05) is 19.1 Å². The molecule has 0 atom stereocenters. The number of hydrogen-bond acceptors (Lipinski definition) is 3. The van der Waals surface area contributed by atoms with Crippen molar-refractivity contribution < 1.29 is 14.3 Å². The van der Waals surface area contributed by atoms with E-state index in [0.29, 0.717) is 18.1 Å². The van der Waals surface area contributed by atoms with Gasteiger partial charge in [-0.05, 0) is 67.3 Å². The maximum absolute atomic E-state index is 12.1. The summed E-state index contributed by atoms with van der Waals surface area (Å²) in [7, 11) is 1.61. The van der Waals surface area contributed by atoms with Gasteiger partial charge in [-0.3, -0.25) is 4.79 Å². The van der Waals surface area contributed by atoms with Crippen molar-refractivity contribution in [2.45, 2.75) is 27.2 Å². The third kappa shape index (κ3) is 5.38. The van der Waals surface area contributed by atoms with Gasteiger partial charge in [0.1, 0.15) is 0 Å². The van der Waals surface area contributed by atoms with Gasteiger partial charge in [0.05, 0.1) is 13.7 Å². The Hall–Kier alpha value is -2.75. The van der Waals surface area contributed by atoms with Crippen LogP contribution in [-0.4, -0.2) is 19.6 Å². The minimum absolute atomic E-state index is 0.173. The largest absolute Gasteiger partial charge is 0.493 e. The zero-order valence-corrected chi connectivity index (χ0v) is 15.3. The lowest BCUT2D eigenvalue weighted by molar-refractivity contribution is -0.111. The number of carbonyl (C=O) groups is 1. The van der Waals surface area contributed by atoms with Crippen molar-refractivity contribution >= 4 is 17.7 Å². The molecular formula is C21H25NO3. The maximum Gasteiger partial charge on any atom is 0.248 e. The maximum atomic E-state index is 12.1. The van der Waals surface area contributed by atoms with Crippen molar-refractivity contribution in [3.8, 4) is 11.5 Å². The second kappa shape index (κ2) is 8.92. The molecule has 25 heavy (non-hydrogen) atoms. The van der Waals surface area contributed by atoms with Crippen LogP contribution in [0.1, 0.15) is 30.0 Å². The van der Waals surface area contributed by atoms with Crippen LogP contribution in [0.25, 0.3) is 6.08 Å². The van der Waals surface area contributed by atoms with Gasteiger partial charge >= 0.3 is 0 Å². The number of aryl methyl sites for hydroxylation is 2. The molecule has 0 aromatic heterocycles. The van der Waals surface area contributed by atoms with Crippen LogP contribution in [0, 0.1) is 13.8 Å². The van der Waals surface area contributed by atoms with E-state index in [1.54, 1.807) is 13.2 Å². The van der Waals surface area contributed by atoms with E-state index in [1.807, 2.05) is 50.2 Å². The van der Waals surface area contributed by atoms with E-state index in [1.165, 1.54) is 11.6 Å². The fourth-order valence-electron chi connectivity index (χ4n) is 2.29. The SMILES string of the molecule is CCCOc1ccc(C=CC(=O)Nc2ccc(C)c(C)c2)cc1OC. The van der Waals surface area contributed by atoms with Gasteiger partial charge in [-0.25, -0.2) is 0 Å². The monoisotopic (exact) mass is 339 g/mol. The first-order valence-electron chi connectivity index (χ1n) is 8.40. The lowest BCUT2D eigenvalue weighted by Crippen LogP contribution is -2.07. The van der Waals surface area contributed by atoms with E-state index < -0.39 is 0 Å².